The van der Waals surface area contributed by atoms with E-state index < -0.39 is 13.9 Å². The average Bonchev–Trinajstić information content (AvgIpc) is 2.15. The highest BCUT2D eigenvalue weighted by Gasteiger charge is 2.23. The van der Waals surface area contributed by atoms with Crippen molar-refractivity contribution in [2.24, 2.45) is 0 Å². The molecule has 1 aromatic carbocycles. The maximum Gasteiger partial charge on any atom is 0.340 e. The first kappa shape index (κ1) is 13.1. The molecule has 1 rings (SSSR count). The van der Waals surface area contributed by atoms with Crippen LogP contribution < -0.4 is 0 Å². The largest absolute Gasteiger partial charge is 0.465 e. The van der Waals surface area contributed by atoms with E-state index in [-0.39, 0.29) is 5.56 Å². The van der Waals surface area contributed by atoms with E-state index >= 15 is 0 Å². The fraction of sp³-hybridized carbons (Fsp3) is 0.222. The van der Waals surface area contributed by atoms with E-state index in [9.17, 15) is 9.18 Å². The van der Waals surface area contributed by atoms with E-state index in [1.165, 1.54) is 19.2 Å². The summed E-state index contributed by atoms with van der Waals surface area (Å²) in [7, 11) is 1.21. The van der Waals surface area contributed by atoms with Crippen molar-refractivity contribution in [1.82, 2.24) is 0 Å². The van der Waals surface area contributed by atoms with E-state index in [4.69, 9.17) is 0 Å². The molecule has 0 N–H and O–H groups in total. The molecule has 0 radical (unpaired) electrons. The summed E-state index contributed by atoms with van der Waals surface area (Å²) >= 11 is 9.83. The highest BCUT2D eigenvalue weighted by Crippen LogP contribution is 2.44. The van der Waals surface area contributed by atoms with Crippen molar-refractivity contribution in [2.45, 2.75) is 2.14 Å². The van der Waals surface area contributed by atoms with Crippen LogP contribution in [0.3, 0.4) is 0 Å². The Hall–Kier alpha value is 0.0600. The molecule has 0 unspecified atom stereocenters. The Bertz CT molecular complexity index is 387. The number of alkyl halides is 3. The van der Waals surface area contributed by atoms with Crippen molar-refractivity contribution in [3.05, 3.63) is 35.1 Å². The van der Waals surface area contributed by atoms with Gasteiger partial charge in [0.05, 0.1) is 12.7 Å². The molecule has 6 heteroatoms. The quantitative estimate of drug-likeness (QED) is 0.524. The first-order valence-corrected chi connectivity index (χ1v) is 6.19. The van der Waals surface area contributed by atoms with Gasteiger partial charge in [0.25, 0.3) is 0 Å². The second-order valence-electron chi connectivity index (χ2n) is 2.68. The number of hydrogen-bond acceptors (Lipinski definition) is 2. The van der Waals surface area contributed by atoms with E-state index in [2.05, 4.69) is 52.5 Å². The van der Waals surface area contributed by atoms with E-state index in [1.54, 1.807) is 6.07 Å². The number of rotatable bonds is 1. The molecule has 0 fully saturated rings. The van der Waals surface area contributed by atoms with Crippen molar-refractivity contribution in [3.8, 4) is 0 Å². The lowest BCUT2D eigenvalue weighted by atomic mass is 10.1. The summed E-state index contributed by atoms with van der Waals surface area (Å²) in [4.78, 5) is 11.2. The van der Waals surface area contributed by atoms with Gasteiger partial charge in [-0.1, -0.05) is 53.9 Å². The summed E-state index contributed by atoms with van der Waals surface area (Å²) < 4.78 is 17.0. The highest BCUT2D eigenvalue weighted by atomic mass is 80.0. The molecule has 0 atom stereocenters. The molecule has 0 aromatic heterocycles. The third-order valence-electron chi connectivity index (χ3n) is 1.70. The van der Waals surface area contributed by atoms with Crippen LogP contribution in [0.4, 0.5) is 4.39 Å². The van der Waals surface area contributed by atoms with Crippen LogP contribution in [0.15, 0.2) is 18.2 Å². The Morgan fingerprint density at radius 2 is 2.00 bits per heavy atom. The van der Waals surface area contributed by atoms with E-state index in [0.717, 1.165) is 0 Å². The Labute approximate surface area is 112 Å². The summed E-state index contributed by atoms with van der Waals surface area (Å²) in [6.07, 6.45) is 0. The van der Waals surface area contributed by atoms with Crippen LogP contribution in [-0.4, -0.2) is 13.1 Å². The van der Waals surface area contributed by atoms with E-state index in [1.807, 2.05) is 0 Å². The molecule has 0 amide bonds. The molecule has 0 spiro atoms. The van der Waals surface area contributed by atoms with Crippen LogP contribution in [0.5, 0.6) is 0 Å². The summed E-state index contributed by atoms with van der Waals surface area (Å²) in [5.41, 5.74) is 0.557. The molecule has 0 bridgehead atoms. The highest BCUT2D eigenvalue weighted by molar-refractivity contribution is 9.38. The molecule has 0 saturated heterocycles. The van der Waals surface area contributed by atoms with Crippen molar-refractivity contribution < 1.29 is 13.9 Å². The Balaban J connectivity index is 3.23. The number of ether oxygens (including phenoxy) is 1. The van der Waals surface area contributed by atoms with Crippen LogP contribution in [0.25, 0.3) is 0 Å². The van der Waals surface area contributed by atoms with Gasteiger partial charge >= 0.3 is 5.97 Å². The lowest BCUT2D eigenvalue weighted by Crippen LogP contribution is -2.07. The summed E-state index contributed by atoms with van der Waals surface area (Å²) in [5, 5.41) is 0. The SMILES string of the molecule is COC(=O)c1cc(C(Br)(Br)Br)ccc1F. The van der Waals surface area contributed by atoms with E-state index in [0.29, 0.717) is 5.56 Å². The molecule has 82 valence electrons. The van der Waals surface area contributed by atoms with Gasteiger partial charge in [-0.25, -0.2) is 9.18 Å². The van der Waals surface area contributed by atoms with Crippen molar-refractivity contribution in [1.29, 1.82) is 0 Å². The number of esters is 1. The molecular weight excluding hydrogens is 399 g/mol. The van der Waals surface area contributed by atoms with Gasteiger partial charge in [-0.3, -0.25) is 0 Å². The maximum absolute atomic E-state index is 13.2. The summed E-state index contributed by atoms with van der Waals surface area (Å²) in [5.74, 6) is -1.31. The zero-order valence-electron chi connectivity index (χ0n) is 7.56. The molecule has 0 aliphatic heterocycles. The number of carbonyl (C=O) groups excluding carboxylic acids is 1. The molecule has 1 aromatic rings. The zero-order valence-corrected chi connectivity index (χ0v) is 12.3. The van der Waals surface area contributed by atoms with Gasteiger partial charge < -0.3 is 4.74 Å². The minimum absolute atomic E-state index is 0.0993. The van der Waals surface area contributed by atoms with Gasteiger partial charge in [-0.2, -0.15) is 0 Å². The fourth-order valence-corrected chi connectivity index (χ4v) is 1.71. The van der Waals surface area contributed by atoms with Crippen LogP contribution in [-0.2, 0) is 6.88 Å². The molecule has 0 saturated carbocycles. The van der Waals surface area contributed by atoms with Crippen LogP contribution in [0, 0.1) is 5.82 Å². The Kier molecular flexibility index (Phi) is 4.31. The third kappa shape index (κ3) is 3.26. The van der Waals surface area contributed by atoms with Gasteiger partial charge in [0.15, 0.2) is 2.14 Å². The predicted molar refractivity (Wildman–Crippen MR) is 66.2 cm³/mol. The first-order valence-electron chi connectivity index (χ1n) is 3.81. The lowest BCUT2D eigenvalue weighted by Gasteiger charge is -2.13. The van der Waals surface area contributed by atoms with Crippen LogP contribution in [0.1, 0.15) is 15.9 Å². The standard InChI is InChI=1S/C9H6Br3FO2/c1-15-8(14)6-4-5(9(10,11)12)2-3-7(6)13/h2-4H,1H3. The lowest BCUT2D eigenvalue weighted by molar-refractivity contribution is 0.0595. The van der Waals surface area contributed by atoms with Crippen molar-refractivity contribution in [3.63, 3.8) is 0 Å². The zero-order chi connectivity index (χ0) is 11.6. The molecular formula is C9H6Br3FO2. The summed E-state index contributed by atoms with van der Waals surface area (Å²) in [6.45, 7) is 0. The van der Waals surface area contributed by atoms with Crippen LogP contribution in [0.2, 0.25) is 0 Å². The van der Waals surface area contributed by atoms with Gasteiger partial charge in [0.2, 0.25) is 0 Å². The minimum Gasteiger partial charge on any atom is -0.465 e. The Morgan fingerprint density at radius 3 is 2.47 bits per heavy atom. The fourth-order valence-electron chi connectivity index (χ4n) is 0.968. The van der Waals surface area contributed by atoms with Gasteiger partial charge in [-0.05, 0) is 17.7 Å². The average molecular weight is 405 g/mol. The predicted octanol–water partition coefficient (Wildman–Crippen LogP) is 3.91. The van der Waals surface area contributed by atoms with Crippen molar-refractivity contribution in [2.75, 3.05) is 7.11 Å². The first-order chi connectivity index (χ1) is 6.86. The number of halogens is 4. The smallest absolute Gasteiger partial charge is 0.340 e. The van der Waals surface area contributed by atoms with Gasteiger partial charge in [-0.15, -0.1) is 0 Å². The molecule has 2 nitrogen and oxygen atoms in total. The topological polar surface area (TPSA) is 26.3 Å². The number of benzene rings is 1. The monoisotopic (exact) mass is 402 g/mol. The number of methoxy groups -OCH3 is 1. The summed E-state index contributed by atoms with van der Waals surface area (Å²) in [6, 6.07) is 4.15. The molecule has 0 aliphatic rings. The second-order valence-corrected chi connectivity index (χ2v) is 9.44. The normalized spacial score (nSPS) is 11.3. The minimum atomic E-state index is -0.703. The number of hydrogen-bond donors (Lipinski definition) is 0. The Morgan fingerprint density at radius 1 is 1.40 bits per heavy atom. The molecule has 15 heavy (non-hydrogen) atoms. The second kappa shape index (κ2) is 4.93. The van der Waals surface area contributed by atoms with Gasteiger partial charge in [0.1, 0.15) is 5.82 Å². The number of carbonyl (C=O) groups is 1. The van der Waals surface area contributed by atoms with Crippen molar-refractivity contribution >= 4 is 53.8 Å². The maximum atomic E-state index is 13.2. The third-order valence-corrected chi connectivity index (χ3v) is 3.07. The van der Waals surface area contributed by atoms with Crippen LogP contribution >= 0.6 is 47.8 Å². The molecule has 0 heterocycles. The molecule has 0 aliphatic carbocycles. The van der Waals surface area contributed by atoms with Gasteiger partial charge in [0, 0.05) is 0 Å².